The Bertz CT molecular complexity index is 891. The van der Waals surface area contributed by atoms with Crippen LogP contribution in [0, 0.1) is 16.7 Å². The van der Waals surface area contributed by atoms with Crippen molar-refractivity contribution >= 4 is 11.7 Å². The van der Waals surface area contributed by atoms with Crippen LogP contribution in [0.15, 0.2) is 48.5 Å². The summed E-state index contributed by atoms with van der Waals surface area (Å²) in [5.74, 6) is 2.73. The van der Waals surface area contributed by atoms with E-state index >= 15 is 0 Å². The molecule has 0 amide bonds. The molecule has 2 aromatic rings. The number of nitrogen functional groups attached to an aromatic ring is 1. The summed E-state index contributed by atoms with van der Waals surface area (Å²) in [4.78, 5) is 2.54. The van der Waals surface area contributed by atoms with Crippen LogP contribution in [0.2, 0.25) is 0 Å². The molecule has 0 unspecified atom stereocenters. The summed E-state index contributed by atoms with van der Waals surface area (Å²) in [5.41, 5.74) is 6.97. The normalized spacial score (nSPS) is 14.5. The van der Waals surface area contributed by atoms with Gasteiger partial charge in [-0.3, -0.25) is 10.8 Å². The summed E-state index contributed by atoms with van der Waals surface area (Å²) in [5, 5.41) is 15.2. The molecule has 0 radical (unpaired) electrons. The molecule has 3 rings (SSSR count). The molecule has 0 aliphatic carbocycles. The molecule has 2 aromatic carbocycles. The van der Waals surface area contributed by atoms with Gasteiger partial charge in [-0.25, -0.2) is 0 Å². The molecule has 0 spiro atoms. The predicted molar refractivity (Wildman–Crippen MR) is 136 cm³/mol. The van der Waals surface area contributed by atoms with Gasteiger partial charge in [-0.05, 0) is 107 Å². The first-order chi connectivity index (χ1) is 16.5. The number of hydrogen-bond acceptors (Lipinski definition) is 6. The summed E-state index contributed by atoms with van der Waals surface area (Å²) >= 11 is 0. The van der Waals surface area contributed by atoms with Gasteiger partial charge in [0.15, 0.2) is 0 Å². The smallest absolute Gasteiger partial charge is 0.213 e. The number of likely N-dealkylation sites (tertiary alicyclic amines) is 1. The monoisotopic (exact) mass is 466 g/mol. The van der Waals surface area contributed by atoms with Crippen LogP contribution in [0.5, 0.6) is 11.5 Å². The zero-order chi connectivity index (χ0) is 24.2. The molecule has 1 fully saturated rings. The maximum absolute atomic E-state index is 7.81. The Hall–Kier alpha value is -3.06. The minimum atomic E-state index is 0.0775. The molecule has 4 N–H and O–H groups in total. The molecule has 184 valence electrons. The van der Waals surface area contributed by atoms with Crippen molar-refractivity contribution in [3.05, 3.63) is 59.7 Å². The number of hydrogen-bond donors (Lipinski definition) is 3. The molecular weight excluding hydrogens is 428 g/mol. The number of rotatable bonds is 13. The molecule has 0 aromatic heterocycles. The average molecular weight is 467 g/mol. The summed E-state index contributed by atoms with van der Waals surface area (Å²) in [6.45, 7) is 7.20. The Morgan fingerprint density at radius 2 is 1.44 bits per heavy atom. The summed E-state index contributed by atoms with van der Waals surface area (Å²) < 4.78 is 16.9. The molecule has 1 saturated heterocycles. The van der Waals surface area contributed by atoms with E-state index in [4.69, 9.17) is 30.8 Å². The Balaban J connectivity index is 1.23. The number of benzene rings is 2. The number of piperidine rings is 1. The SMILES string of the molecule is CCOC(=N)c1ccc(OCCCC2CCN(CCCOc3ccc(C(=N)N)cc3)CC2)cc1. The van der Waals surface area contributed by atoms with E-state index in [2.05, 4.69) is 4.90 Å². The number of nitrogens with two attached hydrogens (primary N) is 1. The van der Waals surface area contributed by atoms with Gasteiger partial charge in [0.25, 0.3) is 0 Å². The van der Waals surface area contributed by atoms with E-state index in [0.29, 0.717) is 13.2 Å². The first kappa shape index (κ1) is 25.6. The van der Waals surface area contributed by atoms with E-state index in [-0.39, 0.29) is 11.7 Å². The highest BCUT2D eigenvalue weighted by Gasteiger charge is 2.18. The topological polar surface area (TPSA) is 105 Å². The first-order valence-corrected chi connectivity index (χ1v) is 12.3. The molecule has 7 heteroatoms. The molecule has 34 heavy (non-hydrogen) atoms. The molecule has 0 bridgehead atoms. The van der Waals surface area contributed by atoms with Crippen LogP contribution in [0.25, 0.3) is 0 Å². The number of amidine groups is 1. The van der Waals surface area contributed by atoms with Gasteiger partial charge in [-0.15, -0.1) is 0 Å². The fraction of sp³-hybridized carbons (Fsp3) is 0.481. The van der Waals surface area contributed by atoms with Crippen LogP contribution in [-0.4, -0.2) is 56.1 Å². The fourth-order valence-electron chi connectivity index (χ4n) is 4.20. The van der Waals surface area contributed by atoms with Gasteiger partial charge in [0, 0.05) is 17.7 Å². The molecule has 1 aliphatic heterocycles. The van der Waals surface area contributed by atoms with Crippen LogP contribution in [-0.2, 0) is 4.74 Å². The van der Waals surface area contributed by atoms with Crippen molar-refractivity contribution in [3.8, 4) is 11.5 Å². The zero-order valence-electron chi connectivity index (χ0n) is 20.2. The Morgan fingerprint density at radius 3 is 2.00 bits per heavy atom. The van der Waals surface area contributed by atoms with E-state index < -0.39 is 0 Å². The Morgan fingerprint density at radius 1 is 0.882 bits per heavy atom. The lowest BCUT2D eigenvalue weighted by Crippen LogP contribution is -2.35. The van der Waals surface area contributed by atoms with E-state index in [9.17, 15) is 0 Å². The third kappa shape index (κ3) is 8.37. The number of nitrogens with one attached hydrogen (secondary N) is 2. The van der Waals surface area contributed by atoms with Crippen molar-refractivity contribution in [2.75, 3.05) is 39.5 Å². The summed E-state index contributed by atoms with van der Waals surface area (Å²) in [7, 11) is 0. The van der Waals surface area contributed by atoms with E-state index in [1.54, 1.807) is 0 Å². The van der Waals surface area contributed by atoms with Gasteiger partial charge in [-0.2, -0.15) is 0 Å². The molecule has 0 atom stereocenters. The first-order valence-electron chi connectivity index (χ1n) is 12.3. The second kappa shape index (κ2) is 13.6. The van der Waals surface area contributed by atoms with Crippen LogP contribution in [0.4, 0.5) is 0 Å². The lowest BCUT2D eigenvalue weighted by Gasteiger charge is -2.32. The van der Waals surface area contributed by atoms with Gasteiger partial charge in [0.1, 0.15) is 17.3 Å². The Kier molecular flexibility index (Phi) is 10.2. The minimum absolute atomic E-state index is 0.0775. The van der Waals surface area contributed by atoms with Crippen LogP contribution in [0.3, 0.4) is 0 Å². The van der Waals surface area contributed by atoms with E-state index in [1.165, 1.54) is 19.3 Å². The van der Waals surface area contributed by atoms with E-state index in [1.807, 2.05) is 55.5 Å². The Labute approximate surface area is 203 Å². The van der Waals surface area contributed by atoms with Crippen molar-refractivity contribution in [1.29, 1.82) is 10.8 Å². The van der Waals surface area contributed by atoms with Gasteiger partial charge < -0.3 is 24.8 Å². The largest absolute Gasteiger partial charge is 0.494 e. The molecule has 1 aliphatic rings. The number of nitrogens with zero attached hydrogens (tertiary/aromatic N) is 1. The van der Waals surface area contributed by atoms with Crippen LogP contribution < -0.4 is 15.2 Å². The highest BCUT2D eigenvalue weighted by Crippen LogP contribution is 2.22. The molecule has 1 heterocycles. The highest BCUT2D eigenvalue weighted by molar-refractivity contribution is 5.95. The second-order valence-corrected chi connectivity index (χ2v) is 8.70. The summed E-state index contributed by atoms with van der Waals surface area (Å²) in [6.07, 6.45) is 5.79. The van der Waals surface area contributed by atoms with Crippen molar-refractivity contribution in [2.24, 2.45) is 11.7 Å². The quantitative estimate of drug-likeness (QED) is 0.226. The van der Waals surface area contributed by atoms with Crippen molar-refractivity contribution < 1.29 is 14.2 Å². The minimum Gasteiger partial charge on any atom is -0.494 e. The molecule has 7 nitrogen and oxygen atoms in total. The van der Waals surface area contributed by atoms with Crippen molar-refractivity contribution in [1.82, 2.24) is 4.90 Å². The highest BCUT2D eigenvalue weighted by atomic mass is 16.5. The van der Waals surface area contributed by atoms with Gasteiger partial charge >= 0.3 is 0 Å². The maximum Gasteiger partial charge on any atom is 0.213 e. The number of ether oxygens (including phenoxy) is 3. The lowest BCUT2D eigenvalue weighted by atomic mass is 9.92. The van der Waals surface area contributed by atoms with Gasteiger partial charge in [-0.1, -0.05) is 0 Å². The average Bonchev–Trinajstić information content (AvgIpc) is 2.86. The second-order valence-electron chi connectivity index (χ2n) is 8.70. The standard InChI is InChI=1S/C27H38N4O3/c1-2-32-27(30)23-8-12-25(13-9-23)33-19-3-5-21-14-17-31(18-15-21)16-4-20-34-24-10-6-22(7-11-24)26(28)29/h6-13,21,30H,2-5,14-20H2,1H3,(H3,28,29). The van der Waals surface area contributed by atoms with Crippen molar-refractivity contribution in [2.45, 2.75) is 39.0 Å². The third-order valence-electron chi connectivity index (χ3n) is 6.19. The third-order valence-corrected chi connectivity index (χ3v) is 6.19. The molecule has 0 saturated carbocycles. The zero-order valence-corrected chi connectivity index (χ0v) is 20.2. The fourth-order valence-corrected chi connectivity index (χ4v) is 4.20. The van der Waals surface area contributed by atoms with Gasteiger partial charge in [0.2, 0.25) is 5.90 Å². The molecular formula is C27H38N4O3. The summed E-state index contributed by atoms with van der Waals surface area (Å²) in [6, 6.07) is 14.9. The van der Waals surface area contributed by atoms with Crippen molar-refractivity contribution in [3.63, 3.8) is 0 Å². The lowest BCUT2D eigenvalue weighted by molar-refractivity contribution is 0.161. The predicted octanol–water partition coefficient (Wildman–Crippen LogP) is 4.67. The maximum atomic E-state index is 7.81. The van der Waals surface area contributed by atoms with Crippen LogP contribution >= 0.6 is 0 Å². The van der Waals surface area contributed by atoms with E-state index in [0.717, 1.165) is 67.6 Å². The van der Waals surface area contributed by atoms with Crippen LogP contribution in [0.1, 0.15) is 50.2 Å². The van der Waals surface area contributed by atoms with Gasteiger partial charge in [0.05, 0.1) is 19.8 Å².